The van der Waals surface area contributed by atoms with Crippen molar-refractivity contribution in [3.8, 4) is 17.4 Å². The maximum atomic E-state index is 12.3. The van der Waals surface area contributed by atoms with E-state index in [1.165, 1.54) is 6.20 Å². The number of nitrogens with zero attached hydrogens (tertiary/aromatic N) is 4. The lowest BCUT2D eigenvalue weighted by Crippen LogP contribution is -2.12. The first-order valence-corrected chi connectivity index (χ1v) is 8.10. The molecule has 0 aliphatic rings. The number of methoxy groups -OCH3 is 1. The molecule has 0 unspecified atom stereocenters. The van der Waals surface area contributed by atoms with Gasteiger partial charge in [-0.2, -0.15) is 0 Å². The van der Waals surface area contributed by atoms with Gasteiger partial charge in [-0.1, -0.05) is 6.07 Å². The molecule has 0 aliphatic heterocycles. The van der Waals surface area contributed by atoms with Crippen molar-refractivity contribution in [1.29, 1.82) is 0 Å². The molecule has 0 fully saturated rings. The summed E-state index contributed by atoms with van der Waals surface area (Å²) in [5, 5.41) is 2.75. The molecule has 8 heteroatoms. The average Bonchev–Trinajstić information content (AvgIpc) is 3.14. The molecule has 0 saturated heterocycles. The molecule has 4 aromatic rings. The molecular formula is C19H15N5O3. The second-order valence-corrected chi connectivity index (χ2v) is 5.57. The highest BCUT2D eigenvalue weighted by atomic mass is 16.5. The summed E-state index contributed by atoms with van der Waals surface area (Å²) >= 11 is 0. The van der Waals surface area contributed by atoms with Crippen molar-refractivity contribution in [2.24, 2.45) is 0 Å². The highest BCUT2D eigenvalue weighted by Gasteiger charge is 2.12. The number of ether oxygens (including phenoxy) is 2. The van der Waals surface area contributed by atoms with E-state index >= 15 is 0 Å². The molecule has 3 aromatic heterocycles. The number of amides is 1. The lowest BCUT2D eigenvalue weighted by molar-refractivity contribution is 0.102. The fraction of sp³-hybridized carbons (Fsp3) is 0.0526. The van der Waals surface area contributed by atoms with Crippen molar-refractivity contribution >= 4 is 17.4 Å². The van der Waals surface area contributed by atoms with Crippen LogP contribution in [0.5, 0.6) is 17.4 Å². The van der Waals surface area contributed by atoms with Gasteiger partial charge in [-0.3, -0.25) is 9.20 Å². The molecule has 1 amide bonds. The minimum atomic E-state index is -0.344. The first-order valence-electron chi connectivity index (χ1n) is 8.10. The van der Waals surface area contributed by atoms with Gasteiger partial charge >= 0.3 is 0 Å². The Morgan fingerprint density at radius 1 is 1.11 bits per heavy atom. The summed E-state index contributed by atoms with van der Waals surface area (Å²) in [5.41, 5.74) is 0.799. The van der Waals surface area contributed by atoms with Gasteiger partial charge in [-0.05, 0) is 24.3 Å². The van der Waals surface area contributed by atoms with Crippen LogP contribution in [0.4, 0.5) is 5.69 Å². The predicted molar refractivity (Wildman–Crippen MR) is 98.2 cm³/mol. The average molecular weight is 361 g/mol. The number of hydrogen-bond acceptors (Lipinski definition) is 6. The zero-order chi connectivity index (χ0) is 18.6. The highest BCUT2D eigenvalue weighted by Crippen LogP contribution is 2.24. The van der Waals surface area contributed by atoms with Gasteiger partial charge in [0.25, 0.3) is 5.91 Å². The van der Waals surface area contributed by atoms with Crippen LogP contribution in [-0.4, -0.2) is 32.4 Å². The molecule has 1 N–H and O–H groups in total. The quantitative estimate of drug-likeness (QED) is 0.587. The summed E-state index contributed by atoms with van der Waals surface area (Å²) < 4.78 is 12.5. The molecule has 0 saturated carbocycles. The minimum absolute atomic E-state index is 0.269. The van der Waals surface area contributed by atoms with E-state index in [9.17, 15) is 4.79 Å². The van der Waals surface area contributed by atoms with Crippen LogP contribution in [0.1, 0.15) is 10.5 Å². The molecule has 134 valence electrons. The van der Waals surface area contributed by atoms with Crippen LogP contribution in [0.15, 0.2) is 67.3 Å². The summed E-state index contributed by atoms with van der Waals surface area (Å²) in [6.07, 6.45) is 6.53. The highest BCUT2D eigenvalue weighted by molar-refractivity contribution is 6.03. The van der Waals surface area contributed by atoms with Crippen LogP contribution in [-0.2, 0) is 0 Å². The molecule has 3 heterocycles. The number of hydrogen-bond donors (Lipinski definition) is 1. The number of pyridine rings is 1. The number of benzene rings is 1. The molecule has 0 bridgehead atoms. The molecule has 4 rings (SSSR count). The van der Waals surface area contributed by atoms with E-state index in [1.807, 2.05) is 12.1 Å². The number of carbonyl (C=O) groups is 1. The second kappa shape index (κ2) is 7.12. The van der Waals surface area contributed by atoms with E-state index in [4.69, 9.17) is 9.47 Å². The standard InChI is InChI=1S/C19H15N5O3/c1-26-14-4-2-5-15(10-14)27-17-7-6-13(11-21-17)22-18(25)16-12-24-9-3-8-20-19(24)23-16/h2-12H,1H3,(H,22,25). The zero-order valence-corrected chi connectivity index (χ0v) is 14.4. The van der Waals surface area contributed by atoms with Crippen molar-refractivity contribution in [2.75, 3.05) is 12.4 Å². The molecule has 0 atom stereocenters. The second-order valence-electron chi connectivity index (χ2n) is 5.57. The molecule has 0 spiro atoms. The van der Waals surface area contributed by atoms with Gasteiger partial charge in [-0.25, -0.2) is 15.0 Å². The maximum absolute atomic E-state index is 12.3. The Hall–Kier alpha value is -3.94. The van der Waals surface area contributed by atoms with Crippen molar-refractivity contribution < 1.29 is 14.3 Å². The van der Waals surface area contributed by atoms with Crippen LogP contribution in [0, 0.1) is 0 Å². The van der Waals surface area contributed by atoms with Crippen molar-refractivity contribution in [3.63, 3.8) is 0 Å². The minimum Gasteiger partial charge on any atom is -0.497 e. The van der Waals surface area contributed by atoms with Gasteiger partial charge in [0, 0.05) is 30.7 Å². The summed E-state index contributed by atoms with van der Waals surface area (Å²) in [7, 11) is 1.59. The first-order chi connectivity index (χ1) is 13.2. The van der Waals surface area contributed by atoms with Crippen LogP contribution in [0.2, 0.25) is 0 Å². The SMILES string of the molecule is COc1cccc(Oc2ccc(NC(=O)c3cn4cccnc4n3)cn2)c1. The monoisotopic (exact) mass is 361 g/mol. The van der Waals surface area contributed by atoms with Crippen LogP contribution in [0.3, 0.4) is 0 Å². The van der Waals surface area contributed by atoms with Crippen LogP contribution < -0.4 is 14.8 Å². The predicted octanol–water partition coefficient (Wildman–Crippen LogP) is 3.18. The van der Waals surface area contributed by atoms with Crippen molar-refractivity contribution in [2.45, 2.75) is 0 Å². The third-order valence-corrected chi connectivity index (χ3v) is 3.73. The summed E-state index contributed by atoms with van der Waals surface area (Å²) in [4.78, 5) is 24.8. The third kappa shape index (κ3) is 3.69. The van der Waals surface area contributed by atoms with Crippen molar-refractivity contribution in [3.05, 3.63) is 72.9 Å². The van der Waals surface area contributed by atoms with Gasteiger partial charge in [0.05, 0.1) is 19.0 Å². The summed E-state index contributed by atoms with van der Waals surface area (Å²) in [6, 6.07) is 12.3. The van der Waals surface area contributed by atoms with Gasteiger partial charge in [0.1, 0.15) is 17.2 Å². The first kappa shape index (κ1) is 16.5. The van der Waals surface area contributed by atoms with Gasteiger partial charge in [0.2, 0.25) is 11.7 Å². The zero-order valence-electron chi connectivity index (χ0n) is 14.4. The van der Waals surface area contributed by atoms with Gasteiger partial charge < -0.3 is 14.8 Å². The fourth-order valence-corrected chi connectivity index (χ4v) is 2.43. The number of anilines is 1. The fourth-order valence-electron chi connectivity index (χ4n) is 2.43. The third-order valence-electron chi connectivity index (χ3n) is 3.73. The van der Waals surface area contributed by atoms with E-state index in [-0.39, 0.29) is 11.6 Å². The Bertz CT molecular complexity index is 1060. The lowest BCUT2D eigenvalue weighted by Gasteiger charge is -2.07. The number of imidazole rings is 1. The lowest BCUT2D eigenvalue weighted by atomic mass is 10.3. The van der Waals surface area contributed by atoms with Crippen LogP contribution >= 0.6 is 0 Å². The smallest absolute Gasteiger partial charge is 0.275 e. The van der Waals surface area contributed by atoms with Crippen LogP contribution in [0.25, 0.3) is 5.78 Å². The Labute approximate surface area is 154 Å². The molecular weight excluding hydrogens is 346 g/mol. The van der Waals surface area contributed by atoms with E-state index in [0.29, 0.717) is 28.8 Å². The Balaban J connectivity index is 1.44. The number of fused-ring (bicyclic) bond motifs is 1. The molecule has 1 aromatic carbocycles. The van der Waals surface area contributed by atoms with E-state index < -0.39 is 0 Å². The number of carbonyl (C=O) groups excluding carboxylic acids is 1. The van der Waals surface area contributed by atoms with E-state index in [0.717, 1.165) is 0 Å². The molecule has 0 aliphatic carbocycles. The topological polar surface area (TPSA) is 90.6 Å². The van der Waals surface area contributed by atoms with E-state index in [2.05, 4.69) is 20.3 Å². The molecule has 0 radical (unpaired) electrons. The Morgan fingerprint density at radius 3 is 2.78 bits per heavy atom. The normalized spacial score (nSPS) is 10.6. The van der Waals surface area contributed by atoms with Gasteiger partial charge in [0.15, 0.2) is 0 Å². The largest absolute Gasteiger partial charge is 0.497 e. The maximum Gasteiger partial charge on any atom is 0.275 e. The van der Waals surface area contributed by atoms with E-state index in [1.54, 1.807) is 60.4 Å². The van der Waals surface area contributed by atoms with Crippen molar-refractivity contribution in [1.82, 2.24) is 19.4 Å². The Kier molecular flexibility index (Phi) is 4.36. The summed E-state index contributed by atoms with van der Waals surface area (Å²) in [5.74, 6) is 1.82. The molecule has 8 nitrogen and oxygen atoms in total. The Morgan fingerprint density at radius 2 is 2.00 bits per heavy atom. The number of aromatic nitrogens is 4. The molecule has 27 heavy (non-hydrogen) atoms. The summed E-state index contributed by atoms with van der Waals surface area (Å²) in [6.45, 7) is 0. The number of nitrogens with one attached hydrogen (secondary N) is 1. The number of rotatable bonds is 5. The van der Waals surface area contributed by atoms with Gasteiger partial charge in [-0.15, -0.1) is 0 Å².